The predicted molar refractivity (Wildman–Crippen MR) is 68.9 cm³/mol. The molecule has 0 aliphatic carbocycles. The molecule has 1 aliphatic heterocycles. The summed E-state index contributed by atoms with van der Waals surface area (Å²) in [6, 6.07) is 9.08. The van der Waals surface area contributed by atoms with Crippen LogP contribution < -0.4 is 10.6 Å². The zero-order chi connectivity index (χ0) is 11.4. The third kappa shape index (κ3) is 3.21. The number of benzene rings is 1. The van der Waals surface area contributed by atoms with Gasteiger partial charge < -0.3 is 10.6 Å². The molecule has 0 saturated carbocycles. The van der Waals surface area contributed by atoms with Crippen LogP contribution in [0.4, 0.5) is 0 Å². The van der Waals surface area contributed by atoms with E-state index in [1.807, 2.05) is 12.1 Å². The fraction of sp³-hybridized carbons (Fsp3) is 0.538. The quantitative estimate of drug-likeness (QED) is 0.846. The van der Waals surface area contributed by atoms with Crippen LogP contribution in [0.5, 0.6) is 0 Å². The number of halogens is 1. The van der Waals surface area contributed by atoms with Crippen LogP contribution in [-0.4, -0.2) is 19.1 Å². The standard InChI is InChI=1S/C13H19ClN2/c1-10(11-4-6-12(14)7-5-11)16-13-3-2-8-15-9-13/h4-7,10,13,15-16H,2-3,8-9H2,1H3/t10-,13?/m1/s1. The van der Waals surface area contributed by atoms with Crippen LogP contribution in [0.15, 0.2) is 24.3 Å². The highest BCUT2D eigenvalue weighted by Gasteiger charge is 2.15. The average Bonchev–Trinajstić information content (AvgIpc) is 2.31. The van der Waals surface area contributed by atoms with Crippen molar-refractivity contribution in [1.82, 2.24) is 10.6 Å². The number of piperidine rings is 1. The first-order valence-electron chi connectivity index (χ1n) is 5.98. The minimum absolute atomic E-state index is 0.391. The van der Waals surface area contributed by atoms with Gasteiger partial charge in [0, 0.05) is 23.7 Å². The van der Waals surface area contributed by atoms with E-state index in [0.717, 1.165) is 18.1 Å². The Morgan fingerprint density at radius 3 is 2.75 bits per heavy atom. The maximum absolute atomic E-state index is 5.88. The van der Waals surface area contributed by atoms with E-state index in [0.29, 0.717) is 12.1 Å². The molecule has 0 aromatic heterocycles. The summed E-state index contributed by atoms with van der Waals surface area (Å²) >= 11 is 5.88. The normalized spacial score (nSPS) is 23.0. The van der Waals surface area contributed by atoms with Crippen molar-refractivity contribution in [2.45, 2.75) is 31.8 Å². The Balaban J connectivity index is 1.91. The van der Waals surface area contributed by atoms with Gasteiger partial charge in [0.25, 0.3) is 0 Å². The summed E-state index contributed by atoms with van der Waals surface area (Å²) in [5, 5.41) is 7.87. The Kier molecular flexibility index (Phi) is 4.22. The molecule has 0 radical (unpaired) electrons. The van der Waals surface area contributed by atoms with E-state index in [-0.39, 0.29) is 0 Å². The SMILES string of the molecule is C[C@@H](NC1CCCNC1)c1ccc(Cl)cc1. The third-order valence-electron chi connectivity index (χ3n) is 3.15. The molecule has 88 valence electrons. The van der Waals surface area contributed by atoms with E-state index in [1.165, 1.54) is 18.4 Å². The Morgan fingerprint density at radius 2 is 2.12 bits per heavy atom. The molecule has 1 saturated heterocycles. The summed E-state index contributed by atoms with van der Waals surface area (Å²) in [6.07, 6.45) is 2.54. The molecule has 2 rings (SSSR count). The molecule has 2 N–H and O–H groups in total. The van der Waals surface area contributed by atoms with Crippen LogP contribution in [0.1, 0.15) is 31.4 Å². The minimum Gasteiger partial charge on any atom is -0.315 e. The molecular formula is C13H19ClN2. The van der Waals surface area contributed by atoms with Crippen LogP contribution in [0, 0.1) is 0 Å². The van der Waals surface area contributed by atoms with Gasteiger partial charge in [-0.2, -0.15) is 0 Å². The van der Waals surface area contributed by atoms with Crippen LogP contribution in [0.3, 0.4) is 0 Å². The summed E-state index contributed by atoms with van der Waals surface area (Å²) in [5.74, 6) is 0. The van der Waals surface area contributed by atoms with E-state index in [1.54, 1.807) is 0 Å². The minimum atomic E-state index is 0.391. The van der Waals surface area contributed by atoms with E-state index < -0.39 is 0 Å². The number of hydrogen-bond donors (Lipinski definition) is 2. The Bertz CT molecular complexity index is 317. The largest absolute Gasteiger partial charge is 0.315 e. The van der Waals surface area contributed by atoms with Crippen molar-refractivity contribution in [3.8, 4) is 0 Å². The lowest BCUT2D eigenvalue weighted by molar-refractivity contribution is 0.362. The van der Waals surface area contributed by atoms with Gasteiger partial charge >= 0.3 is 0 Å². The lowest BCUT2D eigenvalue weighted by atomic mass is 10.0. The van der Waals surface area contributed by atoms with Crippen molar-refractivity contribution >= 4 is 11.6 Å². The van der Waals surface area contributed by atoms with Gasteiger partial charge in [-0.05, 0) is 44.0 Å². The van der Waals surface area contributed by atoms with Gasteiger partial charge in [0.05, 0.1) is 0 Å². The van der Waals surface area contributed by atoms with Crippen LogP contribution >= 0.6 is 11.6 Å². The fourth-order valence-corrected chi connectivity index (χ4v) is 2.32. The Hall–Kier alpha value is -0.570. The second-order valence-electron chi connectivity index (χ2n) is 4.48. The highest BCUT2D eigenvalue weighted by molar-refractivity contribution is 6.30. The maximum atomic E-state index is 5.88. The van der Waals surface area contributed by atoms with Crippen molar-refractivity contribution in [2.24, 2.45) is 0 Å². The molecule has 1 unspecified atom stereocenters. The monoisotopic (exact) mass is 238 g/mol. The van der Waals surface area contributed by atoms with E-state index in [9.17, 15) is 0 Å². The zero-order valence-corrected chi connectivity index (χ0v) is 10.4. The smallest absolute Gasteiger partial charge is 0.0406 e. The molecule has 1 heterocycles. The van der Waals surface area contributed by atoms with Gasteiger partial charge in [-0.25, -0.2) is 0 Å². The number of nitrogens with one attached hydrogen (secondary N) is 2. The van der Waals surface area contributed by atoms with Gasteiger partial charge in [-0.1, -0.05) is 23.7 Å². The van der Waals surface area contributed by atoms with Crippen molar-refractivity contribution in [2.75, 3.05) is 13.1 Å². The van der Waals surface area contributed by atoms with Gasteiger partial charge in [0.1, 0.15) is 0 Å². The van der Waals surface area contributed by atoms with Crippen LogP contribution in [0.25, 0.3) is 0 Å². The summed E-state index contributed by atoms with van der Waals surface area (Å²) in [4.78, 5) is 0. The van der Waals surface area contributed by atoms with Gasteiger partial charge in [0.15, 0.2) is 0 Å². The van der Waals surface area contributed by atoms with Crippen molar-refractivity contribution in [3.05, 3.63) is 34.9 Å². The van der Waals surface area contributed by atoms with Crippen molar-refractivity contribution < 1.29 is 0 Å². The van der Waals surface area contributed by atoms with Crippen molar-refractivity contribution in [3.63, 3.8) is 0 Å². The molecule has 1 aromatic rings. The molecule has 3 heteroatoms. The van der Waals surface area contributed by atoms with Crippen molar-refractivity contribution in [1.29, 1.82) is 0 Å². The molecule has 2 nitrogen and oxygen atoms in total. The topological polar surface area (TPSA) is 24.1 Å². The molecule has 1 aliphatic rings. The fourth-order valence-electron chi connectivity index (χ4n) is 2.20. The van der Waals surface area contributed by atoms with E-state index >= 15 is 0 Å². The second-order valence-corrected chi connectivity index (χ2v) is 4.92. The molecule has 0 spiro atoms. The third-order valence-corrected chi connectivity index (χ3v) is 3.40. The van der Waals surface area contributed by atoms with Crippen LogP contribution in [0.2, 0.25) is 5.02 Å². The summed E-state index contributed by atoms with van der Waals surface area (Å²) in [6.45, 7) is 4.45. The van der Waals surface area contributed by atoms with Crippen LogP contribution in [-0.2, 0) is 0 Å². The van der Waals surface area contributed by atoms with Gasteiger partial charge in [-0.15, -0.1) is 0 Å². The molecule has 0 bridgehead atoms. The number of hydrogen-bond acceptors (Lipinski definition) is 2. The first kappa shape index (κ1) is 11.9. The summed E-state index contributed by atoms with van der Waals surface area (Å²) in [7, 11) is 0. The zero-order valence-electron chi connectivity index (χ0n) is 9.67. The second kappa shape index (κ2) is 5.67. The summed E-state index contributed by atoms with van der Waals surface area (Å²) < 4.78 is 0. The molecular weight excluding hydrogens is 220 g/mol. The summed E-state index contributed by atoms with van der Waals surface area (Å²) in [5.41, 5.74) is 1.30. The number of rotatable bonds is 3. The molecule has 1 aromatic carbocycles. The lowest BCUT2D eigenvalue weighted by Gasteiger charge is -2.27. The first-order valence-corrected chi connectivity index (χ1v) is 6.36. The maximum Gasteiger partial charge on any atom is 0.0406 e. The predicted octanol–water partition coefficient (Wildman–Crippen LogP) is 2.74. The highest BCUT2D eigenvalue weighted by Crippen LogP contribution is 2.17. The first-order chi connectivity index (χ1) is 7.75. The highest BCUT2D eigenvalue weighted by atomic mass is 35.5. The van der Waals surface area contributed by atoms with Gasteiger partial charge in [-0.3, -0.25) is 0 Å². The molecule has 0 amide bonds. The molecule has 1 fully saturated rings. The Labute approximate surface area is 102 Å². The Morgan fingerprint density at radius 1 is 1.38 bits per heavy atom. The molecule has 2 atom stereocenters. The average molecular weight is 239 g/mol. The molecule has 16 heavy (non-hydrogen) atoms. The lowest BCUT2D eigenvalue weighted by Crippen LogP contribution is -2.43. The van der Waals surface area contributed by atoms with Gasteiger partial charge in [0.2, 0.25) is 0 Å². The van der Waals surface area contributed by atoms with E-state index in [4.69, 9.17) is 11.6 Å². The van der Waals surface area contributed by atoms with E-state index in [2.05, 4.69) is 29.7 Å².